The first-order valence-corrected chi connectivity index (χ1v) is 6.04. The second kappa shape index (κ2) is 6.48. The highest BCUT2D eigenvalue weighted by Crippen LogP contribution is 2.36. The van der Waals surface area contributed by atoms with Crippen molar-refractivity contribution in [1.29, 1.82) is 5.26 Å². The Balaban J connectivity index is 3.20. The second-order valence-corrected chi connectivity index (χ2v) is 4.60. The summed E-state index contributed by atoms with van der Waals surface area (Å²) in [7, 11) is 1.53. The van der Waals surface area contributed by atoms with Gasteiger partial charge in [0.1, 0.15) is 6.07 Å². The number of hydrogen-bond donors (Lipinski definition) is 1. The quantitative estimate of drug-likeness (QED) is 0.891. The summed E-state index contributed by atoms with van der Waals surface area (Å²) in [5.41, 5.74) is 6.64. The van der Waals surface area contributed by atoms with Crippen molar-refractivity contribution >= 4 is 11.6 Å². The molecule has 0 fully saturated rings. The van der Waals surface area contributed by atoms with E-state index in [0.717, 1.165) is 5.56 Å². The third-order valence-corrected chi connectivity index (χ3v) is 2.55. The summed E-state index contributed by atoms with van der Waals surface area (Å²) in [6.45, 7) is 3.56. The highest BCUT2D eigenvalue weighted by Gasteiger charge is 2.16. The Kier molecular flexibility index (Phi) is 5.26. The van der Waals surface area contributed by atoms with E-state index in [4.69, 9.17) is 32.1 Å². The van der Waals surface area contributed by atoms with Crippen LogP contribution in [0.25, 0.3) is 0 Å². The monoisotopic (exact) mass is 268 g/mol. The normalized spacial score (nSPS) is 13.6. The molecular formula is C13H17ClN2O2. The van der Waals surface area contributed by atoms with E-state index in [9.17, 15) is 0 Å². The molecule has 0 heterocycles. The summed E-state index contributed by atoms with van der Waals surface area (Å²) in [5, 5.41) is 9.38. The summed E-state index contributed by atoms with van der Waals surface area (Å²) in [6, 6.07) is 5.43. The average molecular weight is 269 g/mol. The van der Waals surface area contributed by atoms with Crippen LogP contribution in [-0.4, -0.2) is 19.3 Å². The van der Waals surface area contributed by atoms with Gasteiger partial charge in [0.25, 0.3) is 0 Å². The standard InChI is InChI=1S/C13H17ClN2O2/c1-8(16)4-10-5-11(14)6-12(17-3)13(10)18-9(2)7-15/h5-6,8-9H,4,16H2,1-3H3. The van der Waals surface area contributed by atoms with Gasteiger partial charge in [0.05, 0.1) is 7.11 Å². The van der Waals surface area contributed by atoms with E-state index in [1.54, 1.807) is 19.1 Å². The molecule has 1 rings (SSSR count). The molecule has 2 atom stereocenters. The van der Waals surface area contributed by atoms with Crippen molar-refractivity contribution in [2.45, 2.75) is 32.4 Å². The number of nitrogens with two attached hydrogens (primary N) is 1. The van der Waals surface area contributed by atoms with E-state index in [-0.39, 0.29) is 6.04 Å². The van der Waals surface area contributed by atoms with Gasteiger partial charge in [-0.05, 0) is 26.3 Å². The molecule has 0 aliphatic heterocycles. The van der Waals surface area contributed by atoms with Gasteiger partial charge >= 0.3 is 0 Å². The molecule has 18 heavy (non-hydrogen) atoms. The van der Waals surface area contributed by atoms with Crippen LogP contribution in [0, 0.1) is 11.3 Å². The Bertz CT molecular complexity index is 455. The number of nitriles is 1. The lowest BCUT2D eigenvalue weighted by atomic mass is 10.1. The Morgan fingerprint density at radius 3 is 2.61 bits per heavy atom. The molecule has 0 aliphatic rings. The topological polar surface area (TPSA) is 68.3 Å². The Hall–Kier alpha value is -1.44. The molecule has 0 saturated heterocycles. The molecule has 2 unspecified atom stereocenters. The minimum Gasteiger partial charge on any atom is -0.493 e. The highest BCUT2D eigenvalue weighted by molar-refractivity contribution is 6.30. The van der Waals surface area contributed by atoms with Crippen molar-refractivity contribution in [1.82, 2.24) is 0 Å². The third-order valence-electron chi connectivity index (χ3n) is 2.33. The van der Waals surface area contributed by atoms with Crippen molar-refractivity contribution in [3.8, 4) is 17.6 Å². The maximum Gasteiger partial charge on any atom is 0.181 e. The smallest absolute Gasteiger partial charge is 0.181 e. The minimum atomic E-state index is -0.563. The van der Waals surface area contributed by atoms with E-state index in [1.807, 2.05) is 13.0 Å². The Labute approximate surface area is 112 Å². The van der Waals surface area contributed by atoms with Crippen LogP contribution in [0.5, 0.6) is 11.5 Å². The van der Waals surface area contributed by atoms with Gasteiger partial charge in [0.15, 0.2) is 17.6 Å². The van der Waals surface area contributed by atoms with Gasteiger partial charge in [-0.1, -0.05) is 11.6 Å². The van der Waals surface area contributed by atoms with Crippen LogP contribution in [0.1, 0.15) is 19.4 Å². The molecule has 0 radical (unpaired) electrons. The fourth-order valence-corrected chi connectivity index (χ4v) is 1.84. The second-order valence-electron chi connectivity index (χ2n) is 4.17. The van der Waals surface area contributed by atoms with E-state index >= 15 is 0 Å². The zero-order valence-corrected chi connectivity index (χ0v) is 11.5. The van der Waals surface area contributed by atoms with Crippen LogP contribution in [0.4, 0.5) is 0 Å². The summed E-state index contributed by atoms with van der Waals surface area (Å²) >= 11 is 6.01. The first kappa shape index (κ1) is 14.6. The van der Waals surface area contributed by atoms with Crippen molar-refractivity contribution < 1.29 is 9.47 Å². The van der Waals surface area contributed by atoms with Crippen molar-refractivity contribution in [3.05, 3.63) is 22.7 Å². The predicted molar refractivity (Wildman–Crippen MR) is 71.1 cm³/mol. The van der Waals surface area contributed by atoms with Crippen molar-refractivity contribution in [3.63, 3.8) is 0 Å². The van der Waals surface area contributed by atoms with Crippen LogP contribution in [0.2, 0.25) is 5.02 Å². The van der Waals surface area contributed by atoms with Gasteiger partial charge in [0, 0.05) is 22.7 Å². The maximum atomic E-state index is 8.82. The Morgan fingerprint density at radius 1 is 1.44 bits per heavy atom. The molecule has 0 spiro atoms. The number of benzene rings is 1. The molecule has 4 nitrogen and oxygen atoms in total. The molecule has 0 amide bonds. The van der Waals surface area contributed by atoms with Gasteiger partial charge in [-0.15, -0.1) is 0 Å². The van der Waals surface area contributed by atoms with Crippen molar-refractivity contribution in [2.24, 2.45) is 5.73 Å². The lowest BCUT2D eigenvalue weighted by Gasteiger charge is -2.17. The average Bonchev–Trinajstić information content (AvgIpc) is 2.30. The van der Waals surface area contributed by atoms with Crippen LogP contribution in [-0.2, 0) is 6.42 Å². The van der Waals surface area contributed by atoms with E-state index < -0.39 is 6.10 Å². The number of ether oxygens (including phenoxy) is 2. The predicted octanol–water partition coefficient (Wildman–Crippen LogP) is 2.53. The maximum absolute atomic E-state index is 8.82. The van der Waals surface area contributed by atoms with Gasteiger partial charge in [-0.3, -0.25) is 0 Å². The minimum absolute atomic E-state index is 0.0343. The van der Waals surface area contributed by atoms with Gasteiger partial charge in [-0.25, -0.2) is 0 Å². The molecule has 98 valence electrons. The SMILES string of the molecule is COc1cc(Cl)cc(CC(C)N)c1OC(C)C#N. The summed E-state index contributed by atoms with van der Waals surface area (Å²) in [5.74, 6) is 1.05. The molecule has 2 N–H and O–H groups in total. The summed E-state index contributed by atoms with van der Waals surface area (Å²) in [4.78, 5) is 0. The van der Waals surface area contributed by atoms with Crippen LogP contribution >= 0.6 is 11.6 Å². The lowest BCUT2D eigenvalue weighted by Crippen LogP contribution is -2.19. The fourth-order valence-electron chi connectivity index (χ4n) is 1.61. The molecule has 1 aromatic rings. The fraction of sp³-hybridized carbons (Fsp3) is 0.462. The number of nitrogens with zero attached hydrogens (tertiary/aromatic N) is 1. The molecule has 5 heteroatoms. The molecule has 0 saturated carbocycles. The largest absolute Gasteiger partial charge is 0.493 e. The van der Waals surface area contributed by atoms with Gasteiger partial charge < -0.3 is 15.2 Å². The highest BCUT2D eigenvalue weighted by atomic mass is 35.5. The first-order valence-electron chi connectivity index (χ1n) is 5.66. The summed E-state index contributed by atoms with van der Waals surface area (Å²) < 4.78 is 10.8. The first-order chi connectivity index (χ1) is 8.47. The molecular weight excluding hydrogens is 252 g/mol. The molecule has 0 bridgehead atoms. The lowest BCUT2D eigenvalue weighted by molar-refractivity contribution is 0.257. The van der Waals surface area contributed by atoms with E-state index in [0.29, 0.717) is 22.9 Å². The summed E-state index contributed by atoms with van der Waals surface area (Å²) in [6.07, 6.45) is 0.0385. The van der Waals surface area contributed by atoms with Crippen LogP contribution < -0.4 is 15.2 Å². The molecule has 0 aliphatic carbocycles. The third kappa shape index (κ3) is 3.80. The van der Waals surface area contributed by atoms with Gasteiger partial charge in [0.2, 0.25) is 0 Å². The number of methoxy groups -OCH3 is 1. The Morgan fingerprint density at radius 2 is 2.11 bits per heavy atom. The number of hydrogen-bond acceptors (Lipinski definition) is 4. The number of rotatable bonds is 5. The molecule has 0 aromatic heterocycles. The van der Waals surface area contributed by atoms with Crippen molar-refractivity contribution in [2.75, 3.05) is 7.11 Å². The van der Waals surface area contributed by atoms with Gasteiger partial charge in [-0.2, -0.15) is 5.26 Å². The zero-order chi connectivity index (χ0) is 13.7. The zero-order valence-electron chi connectivity index (χ0n) is 10.7. The van der Waals surface area contributed by atoms with Crippen LogP contribution in [0.15, 0.2) is 12.1 Å². The molecule has 1 aromatic carbocycles. The van der Waals surface area contributed by atoms with E-state index in [1.165, 1.54) is 7.11 Å². The van der Waals surface area contributed by atoms with Crippen LogP contribution in [0.3, 0.4) is 0 Å². The number of halogens is 1. The van der Waals surface area contributed by atoms with E-state index in [2.05, 4.69) is 0 Å².